The van der Waals surface area contributed by atoms with Crippen LogP contribution in [0.5, 0.6) is 11.5 Å². The highest BCUT2D eigenvalue weighted by atomic mass is 16.4. The summed E-state index contributed by atoms with van der Waals surface area (Å²) in [5.41, 5.74) is 8.57. The predicted octanol–water partition coefficient (Wildman–Crippen LogP) is 8.58. The van der Waals surface area contributed by atoms with Gasteiger partial charge >= 0.3 is 13.7 Å². The van der Waals surface area contributed by atoms with E-state index in [0.717, 1.165) is 21.9 Å². The lowest BCUT2D eigenvalue weighted by Gasteiger charge is -2.24. The van der Waals surface area contributed by atoms with Crippen LogP contribution in [0.25, 0.3) is 71.6 Å². The molecule has 0 radical (unpaired) electrons. The normalized spacial score (nSPS) is 12.1. The Kier molecular flexibility index (Phi) is 10.9. The van der Waals surface area contributed by atoms with Crippen molar-refractivity contribution >= 4 is 79.8 Å². The Bertz CT molecular complexity index is 3780. The fourth-order valence-corrected chi connectivity index (χ4v) is 10.1. The summed E-state index contributed by atoms with van der Waals surface area (Å²) in [6, 6.07) is 71.8. The van der Waals surface area contributed by atoms with Crippen molar-refractivity contribution in [2.75, 3.05) is 0 Å². The molecule has 0 bridgehead atoms. The van der Waals surface area contributed by atoms with Gasteiger partial charge in [-0.15, -0.1) is 0 Å². The number of benzene rings is 8. The Hall–Kier alpha value is -10.0. The van der Waals surface area contributed by atoms with E-state index in [1.807, 2.05) is 146 Å². The highest BCUT2D eigenvalue weighted by molar-refractivity contribution is 6.85. The van der Waals surface area contributed by atoms with Gasteiger partial charge in [-0.3, -0.25) is 0 Å². The van der Waals surface area contributed by atoms with Gasteiger partial charge < -0.3 is 28.0 Å². The maximum absolute atomic E-state index is 12.0. The molecule has 0 amide bonds. The summed E-state index contributed by atoms with van der Waals surface area (Å²) < 4.78 is 17.6. The van der Waals surface area contributed by atoms with Crippen LogP contribution < -0.4 is 32.5 Å². The molecule has 4 aromatic heterocycles. The molecule has 4 heterocycles. The summed E-state index contributed by atoms with van der Waals surface area (Å²) in [5, 5.41) is 36.0. The first kappa shape index (κ1) is 43.3. The second-order valence-corrected chi connectivity index (χ2v) is 17.3. The Labute approximate surface area is 413 Å². The molecule has 338 valence electrons. The first-order valence-corrected chi connectivity index (χ1v) is 23.3. The van der Waals surface area contributed by atoms with E-state index in [1.165, 1.54) is 0 Å². The molecule has 2 N–H and O–H groups in total. The molecule has 0 fully saturated rings. The van der Waals surface area contributed by atoms with Crippen LogP contribution in [-0.2, 0) is 0 Å². The molecule has 0 unspecified atom stereocenters. The molecule has 12 heteroatoms. The molecular formula is C60H38B2N6O4. The maximum Gasteiger partial charge on any atom is 0.328 e. The summed E-state index contributed by atoms with van der Waals surface area (Å²) in [6.07, 6.45) is 0. The highest BCUT2D eigenvalue weighted by Gasteiger charge is 2.38. The average Bonchev–Trinajstić information content (AvgIpc) is 4.21. The van der Waals surface area contributed by atoms with Gasteiger partial charge in [-0.25, -0.2) is 14.8 Å². The molecule has 0 aliphatic rings. The van der Waals surface area contributed by atoms with Crippen LogP contribution in [-0.4, -0.2) is 42.8 Å². The molecule has 0 atom stereocenters. The number of hydrogen-bond donors (Lipinski definition) is 2. The van der Waals surface area contributed by atoms with Gasteiger partial charge in [0.25, 0.3) is 5.70 Å². The van der Waals surface area contributed by atoms with Crippen LogP contribution in [0.15, 0.2) is 227 Å². The number of aromatic nitrogens is 4. The van der Waals surface area contributed by atoms with Crippen molar-refractivity contribution in [2.24, 2.45) is 0 Å². The van der Waals surface area contributed by atoms with Crippen LogP contribution in [0.1, 0.15) is 11.8 Å². The van der Waals surface area contributed by atoms with Gasteiger partial charge in [-0.2, -0.15) is 5.26 Å². The van der Waals surface area contributed by atoms with E-state index in [2.05, 4.69) is 68.4 Å². The number of nitrogens with zero attached hydrogens (tertiary/aromatic N) is 6. The first-order chi connectivity index (χ1) is 35.5. The van der Waals surface area contributed by atoms with Crippen LogP contribution in [0.4, 0.5) is 0 Å². The van der Waals surface area contributed by atoms with Crippen molar-refractivity contribution in [2.45, 2.75) is 0 Å². The summed E-state index contributed by atoms with van der Waals surface area (Å²) in [7, 11) is 0. The quantitative estimate of drug-likeness (QED) is 0.104. The molecule has 10 nitrogen and oxygen atoms in total. The largest absolute Gasteiger partial charge is 0.508 e. The zero-order valence-electron chi connectivity index (χ0n) is 38.3. The number of phenolic OH excluding ortho intramolecular Hbond substituents is 2. The molecule has 0 aliphatic carbocycles. The van der Waals surface area contributed by atoms with E-state index < -0.39 is 13.7 Å². The van der Waals surface area contributed by atoms with Crippen molar-refractivity contribution in [3.05, 3.63) is 252 Å². The minimum atomic E-state index is -0.625. The first-order valence-electron chi connectivity index (χ1n) is 23.3. The average molecular weight is 929 g/mol. The molecule has 12 rings (SSSR count). The number of fused-ring (bicyclic) bond motifs is 3. The van der Waals surface area contributed by atoms with E-state index >= 15 is 0 Å². The van der Waals surface area contributed by atoms with E-state index in [0.29, 0.717) is 66.2 Å². The smallest absolute Gasteiger partial charge is 0.328 e. The second-order valence-electron chi connectivity index (χ2n) is 17.3. The van der Waals surface area contributed by atoms with Crippen molar-refractivity contribution < 1.29 is 19.0 Å². The predicted molar refractivity (Wildman–Crippen MR) is 285 cm³/mol. The Balaban J connectivity index is 1.45. The number of rotatable bonds is 10. The summed E-state index contributed by atoms with van der Waals surface area (Å²) >= 11 is 0. The fourth-order valence-electron chi connectivity index (χ4n) is 10.1. The van der Waals surface area contributed by atoms with Gasteiger partial charge in [0.2, 0.25) is 11.8 Å². The second kappa shape index (κ2) is 18.1. The molecule has 0 aliphatic heterocycles. The van der Waals surface area contributed by atoms with Crippen LogP contribution >= 0.6 is 0 Å². The highest BCUT2D eigenvalue weighted by Crippen LogP contribution is 2.38. The zero-order chi connectivity index (χ0) is 48.7. The van der Waals surface area contributed by atoms with E-state index in [9.17, 15) is 22.0 Å². The molecule has 72 heavy (non-hydrogen) atoms. The third-order valence-electron chi connectivity index (χ3n) is 13.1. The Morgan fingerprint density at radius 2 is 0.833 bits per heavy atom. The summed E-state index contributed by atoms with van der Waals surface area (Å²) in [4.78, 5) is 14.5. The SMILES string of the molecule is [C-]#[N+]C(c1nc2ccccc2o1)=c1c2c(-c3ccc(O)cc3)n(B(c3ccccc3)c3ccccc3)/c(=C(/C#N)c3nc4ccccc4o3)c2c(-c2ccc(O)cc2)n1B(c1ccccc1)c1ccccc1. The zero-order valence-corrected chi connectivity index (χ0v) is 38.3. The lowest BCUT2D eigenvalue weighted by molar-refractivity contribution is 0.475. The third-order valence-corrected chi connectivity index (χ3v) is 13.1. The lowest BCUT2D eigenvalue weighted by Crippen LogP contribution is -2.54. The van der Waals surface area contributed by atoms with Crippen LogP contribution in [0.3, 0.4) is 0 Å². The van der Waals surface area contributed by atoms with Gasteiger partial charge in [-0.1, -0.05) is 167 Å². The standard InChI is InChI=1S/C60H38B2N6O4/c1-64-54(60-66-49-27-15-17-29-51(49)72-60)58-53-52(55(39-30-34-45(69)35-31-39)68(58)62(43-22-10-4-11-23-43)44-24-12-5-13-25-44)57(47(38-63)59-65-48-26-14-16-28-50(48)71-59)67(56(53)40-32-36-46(70)37-33-40)61(41-18-6-2-7-19-41)42-20-8-3-9-21-42/h2-37,69-70H/b57-47-,58-54?. The van der Waals surface area contributed by atoms with E-state index in [1.54, 1.807) is 24.3 Å². The van der Waals surface area contributed by atoms with Gasteiger partial charge in [-0.05, 0) is 83.9 Å². The van der Waals surface area contributed by atoms with Crippen LogP contribution in [0, 0.1) is 17.9 Å². The number of oxazole rings is 2. The number of aromatic hydroxyl groups is 2. The summed E-state index contributed by atoms with van der Waals surface area (Å²) in [6.45, 7) is 8.08. The van der Waals surface area contributed by atoms with Crippen molar-refractivity contribution in [1.82, 2.24) is 18.9 Å². The molecular weight excluding hydrogens is 890 g/mol. The van der Waals surface area contributed by atoms with Gasteiger partial charge in [0.1, 0.15) is 34.2 Å². The molecule has 0 spiro atoms. The Morgan fingerprint density at radius 1 is 0.472 bits per heavy atom. The minimum Gasteiger partial charge on any atom is -0.508 e. The molecule has 12 aromatic rings. The minimum absolute atomic E-state index is 0.0578. The third kappa shape index (κ3) is 7.39. The number of para-hydroxylation sites is 4. The lowest BCUT2D eigenvalue weighted by atomic mass is 9.50. The van der Waals surface area contributed by atoms with Crippen molar-refractivity contribution in [3.63, 3.8) is 0 Å². The van der Waals surface area contributed by atoms with Gasteiger partial charge in [0.05, 0.1) is 17.3 Å². The Morgan fingerprint density at radius 3 is 1.24 bits per heavy atom. The van der Waals surface area contributed by atoms with Gasteiger partial charge in [0.15, 0.2) is 11.2 Å². The monoisotopic (exact) mass is 928 g/mol. The van der Waals surface area contributed by atoms with E-state index in [-0.39, 0.29) is 34.6 Å². The summed E-state index contributed by atoms with van der Waals surface area (Å²) in [5.74, 6) is 0.310. The number of hydrogen-bond acceptors (Lipinski definition) is 7. The molecule has 0 saturated heterocycles. The van der Waals surface area contributed by atoms with Crippen molar-refractivity contribution in [1.29, 1.82) is 5.26 Å². The number of phenols is 2. The van der Waals surface area contributed by atoms with Gasteiger partial charge in [0, 0.05) is 22.2 Å². The van der Waals surface area contributed by atoms with E-state index in [4.69, 9.17) is 18.8 Å². The fraction of sp³-hybridized carbons (Fsp3) is 0. The van der Waals surface area contributed by atoms with Crippen molar-refractivity contribution in [3.8, 4) is 40.1 Å². The van der Waals surface area contributed by atoms with Crippen LogP contribution in [0.2, 0.25) is 0 Å². The molecule has 8 aromatic carbocycles. The number of nitriles is 1. The molecule has 0 saturated carbocycles. The maximum atomic E-state index is 12.0. The topological polar surface area (TPSA) is 131 Å².